The molecule has 0 aliphatic rings. The first-order chi connectivity index (χ1) is 12.8. The minimum Gasteiger partial charge on any atom is -0.482 e. The summed E-state index contributed by atoms with van der Waals surface area (Å²) >= 11 is 18.1. The number of hydrogen-bond acceptors (Lipinski definition) is 3. The van der Waals surface area contributed by atoms with Crippen LogP contribution in [0.4, 0.5) is 0 Å². The molecule has 5 nitrogen and oxygen atoms in total. The monoisotopic (exact) mass is 428 g/mol. The summed E-state index contributed by atoms with van der Waals surface area (Å²) in [7, 11) is 1.51. The molecule has 1 unspecified atom stereocenters. The third kappa shape index (κ3) is 5.76. The first-order valence-corrected chi connectivity index (χ1v) is 9.29. The van der Waals surface area contributed by atoms with Gasteiger partial charge in [0.1, 0.15) is 11.8 Å². The van der Waals surface area contributed by atoms with E-state index in [-0.39, 0.29) is 25.0 Å². The fraction of sp³-hybridized carbons (Fsp3) is 0.263. The zero-order valence-corrected chi connectivity index (χ0v) is 17.1. The lowest BCUT2D eigenvalue weighted by Crippen LogP contribution is -2.48. The zero-order chi connectivity index (χ0) is 20.0. The molecule has 1 N–H and O–H groups in total. The number of nitrogens with zero attached hydrogens (tertiary/aromatic N) is 1. The van der Waals surface area contributed by atoms with Crippen LogP contribution in [0, 0.1) is 0 Å². The highest BCUT2D eigenvalue weighted by Gasteiger charge is 2.26. The van der Waals surface area contributed by atoms with Crippen LogP contribution in [-0.4, -0.2) is 36.4 Å². The average Bonchev–Trinajstić information content (AvgIpc) is 2.65. The Morgan fingerprint density at radius 2 is 1.81 bits per heavy atom. The van der Waals surface area contributed by atoms with Crippen LogP contribution in [-0.2, 0) is 16.1 Å². The van der Waals surface area contributed by atoms with Crippen molar-refractivity contribution in [1.29, 1.82) is 0 Å². The Morgan fingerprint density at radius 1 is 1.11 bits per heavy atom. The number of amides is 2. The SMILES string of the molecule is CNC(=O)C(C)N(Cc1ccccc1Cl)C(=O)COc1ccc(Cl)cc1Cl. The maximum absolute atomic E-state index is 12.8. The van der Waals surface area contributed by atoms with Crippen molar-refractivity contribution >= 4 is 46.6 Å². The second-order valence-electron chi connectivity index (χ2n) is 5.77. The molecular formula is C19H19Cl3N2O3. The van der Waals surface area contributed by atoms with E-state index in [1.165, 1.54) is 18.0 Å². The Labute approximate surface area is 173 Å². The van der Waals surface area contributed by atoms with Gasteiger partial charge in [0.05, 0.1) is 5.02 Å². The normalized spacial score (nSPS) is 11.6. The van der Waals surface area contributed by atoms with Gasteiger partial charge in [-0.25, -0.2) is 0 Å². The van der Waals surface area contributed by atoms with Crippen molar-refractivity contribution in [3.05, 3.63) is 63.1 Å². The Kier molecular flexibility index (Phi) is 7.78. The van der Waals surface area contributed by atoms with E-state index in [1.807, 2.05) is 6.07 Å². The summed E-state index contributed by atoms with van der Waals surface area (Å²) in [6.07, 6.45) is 0. The molecule has 27 heavy (non-hydrogen) atoms. The lowest BCUT2D eigenvalue weighted by Gasteiger charge is -2.28. The molecule has 0 aliphatic heterocycles. The second-order valence-corrected chi connectivity index (χ2v) is 7.02. The van der Waals surface area contributed by atoms with Gasteiger partial charge in [-0.1, -0.05) is 53.0 Å². The van der Waals surface area contributed by atoms with E-state index < -0.39 is 6.04 Å². The van der Waals surface area contributed by atoms with Crippen molar-refractivity contribution in [1.82, 2.24) is 10.2 Å². The number of benzene rings is 2. The van der Waals surface area contributed by atoms with Gasteiger partial charge in [-0.05, 0) is 36.8 Å². The van der Waals surface area contributed by atoms with Gasteiger partial charge in [0, 0.05) is 23.6 Å². The number of carbonyl (C=O) groups excluding carboxylic acids is 2. The number of ether oxygens (including phenoxy) is 1. The molecule has 0 bridgehead atoms. The van der Waals surface area contributed by atoms with E-state index in [1.54, 1.807) is 37.3 Å². The van der Waals surface area contributed by atoms with Gasteiger partial charge in [-0.3, -0.25) is 9.59 Å². The fourth-order valence-electron chi connectivity index (χ4n) is 2.42. The highest BCUT2D eigenvalue weighted by Crippen LogP contribution is 2.27. The summed E-state index contributed by atoms with van der Waals surface area (Å²) in [6.45, 7) is 1.53. The summed E-state index contributed by atoms with van der Waals surface area (Å²) in [6, 6.07) is 11.2. The van der Waals surface area contributed by atoms with E-state index in [0.29, 0.717) is 20.8 Å². The molecule has 1 atom stereocenters. The molecule has 8 heteroatoms. The van der Waals surface area contributed by atoms with E-state index in [9.17, 15) is 9.59 Å². The minimum absolute atomic E-state index is 0.171. The quantitative estimate of drug-likeness (QED) is 0.718. The fourth-order valence-corrected chi connectivity index (χ4v) is 3.07. The van der Waals surface area contributed by atoms with Crippen LogP contribution in [0.5, 0.6) is 5.75 Å². The van der Waals surface area contributed by atoms with E-state index in [2.05, 4.69) is 5.32 Å². The molecule has 0 aliphatic carbocycles. The maximum Gasteiger partial charge on any atom is 0.261 e. The first kappa shape index (κ1) is 21.4. The highest BCUT2D eigenvalue weighted by molar-refractivity contribution is 6.35. The molecule has 0 aromatic heterocycles. The number of hydrogen-bond donors (Lipinski definition) is 1. The molecular weight excluding hydrogens is 411 g/mol. The lowest BCUT2D eigenvalue weighted by molar-refractivity contribution is -0.142. The molecule has 2 amide bonds. The first-order valence-electron chi connectivity index (χ1n) is 8.15. The third-order valence-corrected chi connectivity index (χ3v) is 4.86. The van der Waals surface area contributed by atoms with Gasteiger partial charge in [-0.15, -0.1) is 0 Å². The lowest BCUT2D eigenvalue weighted by atomic mass is 10.1. The van der Waals surface area contributed by atoms with Crippen LogP contribution >= 0.6 is 34.8 Å². The molecule has 0 saturated heterocycles. The number of nitrogens with one attached hydrogen (secondary N) is 1. The topological polar surface area (TPSA) is 58.6 Å². The van der Waals surface area contributed by atoms with Crippen molar-refractivity contribution < 1.29 is 14.3 Å². The summed E-state index contributed by atoms with van der Waals surface area (Å²) in [5, 5.41) is 3.83. The van der Waals surface area contributed by atoms with Crippen molar-refractivity contribution in [3.63, 3.8) is 0 Å². The Bertz CT molecular complexity index is 830. The summed E-state index contributed by atoms with van der Waals surface area (Å²) in [5.41, 5.74) is 0.729. The van der Waals surface area contributed by atoms with Crippen molar-refractivity contribution in [2.45, 2.75) is 19.5 Å². The second kappa shape index (κ2) is 9.83. The smallest absolute Gasteiger partial charge is 0.261 e. The van der Waals surface area contributed by atoms with Gasteiger partial charge in [0.15, 0.2) is 6.61 Å². The van der Waals surface area contributed by atoms with Crippen molar-refractivity contribution in [3.8, 4) is 5.75 Å². The van der Waals surface area contributed by atoms with Crippen molar-refractivity contribution in [2.75, 3.05) is 13.7 Å². The molecule has 0 saturated carbocycles. The van der Waals surface area contributed by atoms with Crippen LogP contribution < -0.4 is 10.1 Å². The Balaban J connectivity index is 2.17. The minimum atomic E-state index is -0.705. The van der Waals surface area contributed by atoms with Crippen LogP contribution in [0.2, 0.25) is 15.1 Å². The van der Waals surface area contributed by atoms with E-state index in [4.69, 9.17) is 39.5 Å². The van der Waals surface area contributed by atoms with Crippen molar-refractivity contribution in [2.24, 2.45) is 0 Å². The van der Waals surface area contributed by atoms with Gasteiger partial charge in [0.2, 0.25) is 5.91 Å². The molecule has 2 aromatic rings. The molecule has 2 aromatic carbocycles. The van der Waals surface area contributed by atoms with Crippen LogP contribution in [0.25, 0.3) is 0 Å². The summed E-state index contributed by atoms with van der Waals surface area (Å²) < 4.78 is 5.52. The molecule has 0 fully saturated rings. The van der Waals surface area contributed by atoms with E-state index in [0.717, 1.165) is 5.56 Å². The number of halogens is 3. The standard InChI is InChI=1S/C19H19Cl3N2O3/c1-12(19(26)23-2)24(10-13-5-3-4-6-15(13)21)18(25)11-27-17-8-7-14(20)9-16(17)22/h3-9,12H,10-11H2,1-2H3,(H,23,26). The summed E-state index contributed by atoms with van der Waals surface area (Å²) in [5.74, 6) is -0.336. The molecule has 0 spiro atoms. The van der Waals surface area contributed by atoms with Gasteiger partial charge < -0.3 is 15.0 Å². The van der Waals surface area contributed by atoms with Crippen LogP contribution in [0.1, 0.15) is 12.5 Å². The maximum atomic E-state index is 12.8. The van der Waals surface area contributed by atoms with E-state index >= 15 is 0 Å². The molecule has 2 rings (SSSR count). The molecule has 144 valence electrons. The largest absolute Gasteiger partial charge is 0.482 e. The van der Waals surface area contributed by atoms with Crippen LogP contribution in [0.15, 0.2) is 42.5 Å². The number of rotatable bonds is 7. The predicted octanol–water partition coefficient (Wildman–Crippen LogP) is 4.19. The highest BCUT2D eigenvalue weighted by atomic mass is 35.5. The van der Waals surface area contributed by atoms with Gasteiger partial charge in [0.25, 0.3) is 5.91 Å². The zero-order valence-electron chi connectivity index (χ0n) is 14.8. The third-order valence-electron chi connectivity index (χ3n) is 3.96. The van der Waals surface area contributed by atoms with Crippen LogP contribution in [0.3, 0.4) is 0 Å². The average molecular weight is 430 g/mol. The number of carbonyl (C=O) groups is 2. The number of likely N-dealkylation sites (N-methyl/N-ethyl adjacent to an activating group) is 1. The Morgan fingerprint density at radius 3 is 2.44 bits per heavy atom. The predicted molar refractivity (Wildman–Crippen MR) is 107 cm³/mol. The van der Waals surface area contributed by atoms with Gasteiger partial charge >= 0.3 is 0 Å². The molecule has 0 heterocycles. The molecule has 0 radical (unpaired) electrons. The Hall–Kier alpha value is -1.95. The van der Waals surface area contributed by atoms with Gasteiger partial charge in [-0.2, -0.15) is 0 Å². The summed E-state index contributed by atoms with van der Waals surface area (Å²) in [4.78, 5) is 26.3.